The minimum absolute atomic E-state index is 0.0264. The minimum Gasteiger partial charge on any atom is -0.466 e. The Balaban J connectivity index is 2.23. The lowest BCUT2D eigenvalue weighted by Crippen LogP contribution is -2.53. The van der Waals surface area contributed by atoms with Crippen molar-refractivity contribution in [3.8, 4) is 0 Å². The van der Waals surface area contributed by atoms with Crippen LogP contribution in [0.1, 0.15) is 12.5 Å². The van der Waals surface area contributed by atoms with Gasteiger partial charge < -0.3 is 25.3 Å². The molecule has 4 rings (SSSR count). The van der Waals surface area contributed by atoms with Crippen molar-refractivity contribution >= 4 is 35.2 Å². The van der Waals surface area contributed by atoms with Crippen LogP contribution >= 0.6 is 0 Å². The molecule has 2 aliphatic heterocycles. The summed E-state index contributed by atoms with van der Waals surface area (Å²) in [6.45, 7) is 1.57. The Morgan fingerprint density at radius 3 is 2.17 bits per heavy atom. The van der Waals surface area contributed by atoms with Crippen LogP contribution in [0.3, 0.4) is 0 Å². The van der Waals surface area contributed by atoms with Crippen LogP contribution in [0.5, 0.6) is 0 Å². The number of nitrogens with two attached hydrogens (primary N) is 1. The molecule has 1 unspecified atom stereocenters. The molecule has 0 saturated carbocycles. The highest BCUT2D eigenvalue weighted by atomic mass is 16.5. The third-order valence-corrected chi connectivity index (χ3v) is 5.89. The van der Waals surface area contributed by atoms with E-state index < -0.39 is 34.8 Å². The van der Waals surface area contributed by atoms with Crippen LogP contribution in [0.25, 0.3) is 0 Å². The lowest BCUT2D eigenvalue weighted by Gasteiger charge is -2.41. The molecule has 3 N–H and O–H groups in total. The number of benzene rings is 2. The summed E-state index contributed by atoms with van der Waals surface area (Å²) >= 11 is 0. The molecule has 0 radical (unpaired) electrons. The number of carbonyl (C=O) groups excluding carboxylic acids is 4. The number of methoxy groups -OCH3 is 2. The van der Waals surface area contributed by atoms with Crippen LogP contribution in [-0.2, 0) is 38.8 Å². The van der Waals surface area contributed by atoms with Crippen molar-refractivity contribution < 1.29 is 33.4 Å². The molecule has 1 amide bonds. The molecular weight excluding hydrogens is 454 g/mol. The molecule has 1 atom stereocenters. The average Bonchev–Trinajstić information content (AvgIpc) is 3.15. The summed E-state index contributed by atoms with van der Waals surface area (Å²) < 4.78 is 15.4. The van der Waals surface area contributed by atoms with Gasteiger partial charge in [0.05, 0.1) is 26.4 Å². The number of carbonyl (C=O) groups is 4. The maximum Gasteiger partial charge on any atom is 0.355 e. The highest BCUT2D eigenvalue weighted by Gasteiger charge is 2.63. The smallest absolute Gasteiger partial charge is 0.355 e. The molecule has 0 saturated heterocycles. The highest BCUT2D eigenvalue weighted by molar-refractivity contribution is 6.24. The fourth-order valence-electron chi connectivity index (χ4n) is 4.54. The zero-order valence-electron chi connectivity index (χ0n) is 19.3. The Bertz CT molecular complexity index is 1300. The third-order valence-electron chi connectivity index (χ3n) is 5.89. The first-order chi connectivity index (χ1) is 16.8. The van der Waals surface area contributed by atoms with Crippen LogP contribution in [0.15, 0.2) is 77.3 Å². The summed E-state index contributed by atoms with van der Waals surface area (Å²) in [5.74, 6) is -3.94. The van der Waals surface area contributed by atoms with Gasteiger partial charge in [-0.25, -0.2) is 14.4 Å². The van der Waals surface area contributed by atoms with E-state index in [-0.39, 0.29) is 29.3 Å². The molecular formula is C25H23N3O7. The lowest BCUT2D eigenvalue weighted by atomic mass is 9.66. The molecule has 1 spiro atoms. The van der Waals surface area contributed by atoms with Gasteiger partial charge in [0, 0.05) is 16.9 Å². The predicted octanol–water partition coefficient (Wildman–Crippen LogP) is 1.73. The number of rotatable bonds is 5. The summed E-state index contributed by atoms with van der Waals surface area (Å²) in [6, 6.07) is 14.8. The van der Waals surface area contributed by atoms with E-state index in [1.54, 1.807) is 61.5 Å². The number of hydrogen-bond donors (Lipinski definition) is 2. The van der Waals surface area contributed by atoms with E-state index in [1.807, 2.05) is 0 Å². The molecule has 180 valence electrons. The molecule has 2 aromatic carbocycles. The monoisotopic (exact) mass is 477 g/mol. The van der Waals surface area contributed by atoms with Gasteiger partial charge in [0.1, 0.15) is 22.5 Å². The van der Waals surface area contributed by atoms with E-state index in [2.05, 4.69) is 5.32 Å². The number of hydrogen-bond acceptors (Lipinski definition) is 9. The van der Waals surface area contributed by atoms with E-state index in [0.717, 1.165) is 14.2 Å². The number of anilines is 2. The van der Waals surface area contributed by atoms with Crippen LogP contribution in [-0.4, -0.2) is 44.6 Å². The van der Waals surface area contributed by atoms with Crippen molar-refractivity contribution in [1.82, 2.24) is 0 Å². The Morgan fingerprint density at radius 2 is 1.54 bits per heavy atom. The van der Waals surface area contributed by atoms with Crippen molar-refractivity contribution in [1.29, 1.82) is 0 Å². The number of fused-ring (bicyclic) bond motifs is 2. The van der Waals surface area contributed by atoms with Gasteiger partial charge in [0.15, 0.2) is 0 Å². The van der Waals surface area contributed by atoms with E-state index in [4.69, 9.17) is 19.9 Å². The van der Waals surface area contributed by atoms with E-state index in [0.29, 0.717) is 11.4 Å². The summed E-state index contributed by atoms with van der Waals surface area (Å²) in [6.07, 6.45) is 0. The van der Waals surface area contributed by atoms with Gasteiger partial charge in [-0.3, -0.25) is 9.69 Å². The van der Waals surface area contributed by atoms with Crippen molar-refractivity contribution in [2.24, 2.45) is 5.73 Å². The Labute approximate surface area is 200 Å². The fraction of sp³-hybridized carbons (Fsp3) is 0.200. The average molecular weight is 477 g/mol. The molecule has 0 fully saturated rings. The summed E-state index contributed by atoms with van der Waals surface area (Å²) in [4.78, 5) is 55.1. The van der Waals surface area contributed by atoms with Crippen LogP contribution in [0, 0.1) is 0 Å². The van der Waals surface area contributed by atoms with E-state index >= 15 is 0 Å². The normalized spacial score (nSPS) is 18.8. The largest absolute Gasteiger partial charge is 0.466 e. The zero-order chi connectivity index (χ0) is 25.3. The summed E-state index contributed by atoms with van der Waals surface area (Å²) in [7, 11) is 2.23. The van der Waals surface area contributed by atoms with E-state index in [1.165, 1.54) is 4.90 Å². The van der Waals surface area contributed by atoms with Crippen LogP contribution in [0.4, 0.5) is 11.4 Å². The topological polar surface area (TPSA) is 137 Å². The SMILES string of the molecule is CCOC(=O)C1=C(N)N(c2ccccc2)C(C(=O)OC)=C(C(=O)OC)C12C(=O)Nc1ccccc12. The van der Waals surface area contributed by atoms with Gasteiger partial charge in [-0.2, -0.15) is 0 Å². The first kappa shape index (κ1) is 23.6. The molecule has 2 aromatic rings. The van der Waals surface area contributed by atoms with Gasteiger partial charge >= 0.3 is 17.9 Å². The van der Waals surface area contributed by atoms with Crippen molar-refractivity contribution in [2.45, 2.75) is 12.3 Å². The van der Waals surface area contributed by atoms with Gasteiger partial charge in [0.2, 0.25) is 5.91 Å². The standard InChI is InChI=1S/C25H23N3O7/c1-4-35-22(30)18-20(26)28(14-10-6-5-7-11-14)19(23(31)34-3)17(21(29)33-2)25(18)15-12-8-9-13-16(15)27-24(25)32/h5-13H,4,26H2,1-3H3,(H,27,32). The first-order valence-corrected chi connectivity index (χ1v) is 10.7. The van der Waals surface area contributed by atoms with Crippen LogP contribution in [0.2, 0.25) is 0 Å². The number of amides is 1. The Hall–Kier alpha value is -4.60. The van der Waals surface area contributed by atoms with E-state index in [9.17, 15) is 19.2 Å². The van der Waals surface area contributed by atoms with Gasteiger partial charge in [0.25, 0.3) is 0 Å². The van der Waals surface area contributed by atoms with Gasteiger partial charge in [-0.15, -0.1) is 0 Å². The Morgan fingerprint density at radius 1 is 0.914 bits per heavy atom. The molecule has 0 aliphatic carbocycles. The Kier molecular flexibility index (Phi) is 6.04. The zero-order valence-corrected chi connectivity index (χ0v) is 19.3. The number of esters is 3. The minimum atomic E-state index is -2.13. The number of ether oxygens (including phenoxy) is 3. The molecule has 0 bridgehead atoms. The van der Waals surface area contributed by atoms with Gasteiger partial charge in [-0.1, -0.05) is 36.4 Å². The molecule has 10 nitrogen and oxygen atoms in total. The molecule has 10 heteroatoms. The second-order valence-corrected chi connectivity index (χ2v) is 7.61. The molecule has 0 aromatic heterocycles. The number of nitrogens with zero attached hydrogens (tertiary/aromatic N) is 1. The maximum atomic E-state index is 13.8. The quantitative estimate of drug-likeness (QED) is 0.487. The highest BCUT2D eigenvalue weighted by Crippen LogP contribution is 2.53. The van der Waals surface area contributed by atoms with Crippen molar-refractivity contribution in [3.05, 3.63) is 82.8 Å². The second-order valence-electron chi connectivity index (χ2n) is 7.61. The summed E-state index contributed by atoms with van der Waals surface area (Å²) in [5.41, 5.74) is 4.27. The fourth-order valence-corrected chi connectivity index (χ4v) is 4.54. The third kappa shape index (κ3) is 3.33. The first-order valence-electron chi connectivity index (χ1n) is 10.7. The number of para-hydroxylation sites is 2. The van der Waals surface area contributed by atoms with Gasteiger partial charge in [-0.05, 0) is 25.1 Å². The maximum absolute atomic E-state index is 13.8. The molecule has 2 aliphatic rings. The predicted molar refractivity (Wildman–Crippen MR) is 125 cm³/mol. The van der Waals surface area contributed by atoms with Crippen molar-refractivity contribution in [2.75, 3.05) is 31.0 Å². The molecule has 2 heterocycles. The second kappa shape index (κ2) is 8.98. The van der Waals surface area contributed by atoms with Crippen molar-refractivity contribution in [3.63, 3.8) is 0 Å². The molecule has 35 heavy (non-hydrogen) atoms. The number of nitrogens with one attached hydrogen (secondary N) is 1. The van der Waals surface area contributed by atoms with Crippen LogP contribution < -0.4 is 16.0 Å². The summed E-state index contributed by atoms with van der Waals surface area (Å²) in [5, 5.41) is 2.70. The lowest BCUT2D eigenvalue weighted by molar-refractivity contribution is -0.143.